The van der Waals surface area contributed by atoms with Crippen LogP contribution in [0.2, 0.25) is 5.02 Å². The second kappa shape index (κ2) is 9.17. The van der Waals surface area contributed by atoms with Crippen molar-refractivity contribution in [2.45, 2.75) is 44.4 Å². The van der Waals surface area contributed by atoms with E-state index in [2.05, 4.69) is 4.72 Å². The predicted octanol–water partition coefficient (Wildman–Crippen LogP) is 6.13. The maximum absolute atomic E-state index is 13.1. The molecule has 32 heavy (non-hydrogen) atoms. The first kappa shape index (κ1) is 24.2. The van der Waals surface area contributed by atoms with E-state index in [1.807, 2.05) is 32.2 Å². The van der Waals surface area contributed by atoms with Crippen LogP contribution in [0.5, 0.6) is 0 Å². The number of benzene rings is 2. The minimum absolute atomic E-state index is 0.0107. The Labute approximate surface area is 197 Å². The molecular formula is C24H24ClNO4S2. The molecule has 0 aliphatic rings. The largest absolute Gasteiger partial charge is 0.294 e. The van der Waals surface area contributed by atoms with Crippen LogP contribution in [0, 0.1) is 0 Å². The molecule has 0 saturated heterocycles. The molecule has 0 unspecified atom stereocenters. The Hall–Kier alpha value is -2.48. The smallest absolute Gasteiger partial charge is 0.261 e. The number of thiophene rings is 1. The molecule has 0 fully saturated rings. The monoisotopic (exact) mass is 489 g/mol. The van der Waals surface area contributed by atoms with Crippen molar-refractivity contribution in [1.82, 2.24) is 0 Å². The fourth-order valence-corrected chi connectivity index (χ4v) is 5.36. The van der Waals surface area contributed by atoms with Gasteiger partial charge in [0.2, 0.25) is 0 Å². The van der Waals surface area contributed by atoms with Crippen LogP contribution in [-0.2, 0) is 21.9 Å². The van der Waals surface area contributed by atoms with Crippen molar-refractivity contribution in [2.75, 3.05) is 4.72 Å². The lowest BCUT2D eigenvalue weighted by Gasteiger charge is -2.19. The topological polar surface area (TPSA) is 80.3 Å². The highest BCUT2D eigenvalue weighted by Crippen LogP contribution is 2.31. The van der Waals surface area contributed by atoms with Crippen LogP contribution >= 0.6 is 22.9 Å². The average Bonchev–Trinajstić information content (AvgIpc) is 3.21. The summed E-state index contributed by atoms with van der Waals surface area (Å²) < 4.78 is 28.7. The Morgan fingerprint density at radius 3 is 2.19 bits per heavy atom. The van der Waals surface area contributed by atoms with Crippen LogP contribution < -0.4 is 4.72 Å². The van der Waals surface area contributed by atoms with E-state index in [9.17, 15) is 18.0 Å². The van der Waals surface area contributed by atoms with E-state index in [0.717, 1.165) is 10.4 Å². The molecule has 0 radical (unpaired) electrons. The summed E-state index contributed by atoms with van der Waals surface area (Å²) in [5.41, 5.74) is 0.892. The molecule has 1 N–H and O–H groups in total. The summed E-state index contributed by atoms with van der Waals surface area (Å²) in [5.74, 6) is -0.805. The summed E-state index contributed by atoms with van der Waals surface area (Å²) in [6.07, 6.45) is 0.0350. The highest BCUT2D eigenvalue weighted by Gasteiger charge is 2.26. The summed E-state index contributed by atoms with van der Waals surface area (Å²) in [7, 11) is -4.00. The van der Waals surface area contributed by atoms with Crippen LogP contribution in [0.15, 0.2) is 58.8 Å². The number of carbonyl (C=O) groups is 2. The summed E-state index contributed by atoms with van der Waals surface area (Å²) in [6.45, 7) is 7.42. The molecule has 2 aromatic carbocycles. The lowest BCUT2D eigenvalue weighted by Crippen LogP contribution is -2.19. The Morgan fingerprint density at radius 2 is 1.66 bits per heavy atom. The van der Waals surface area contributed by atoms with Crippen molar-refractivity contribution >= 4 is 50.2 Å². The molecule has 0 saturated carbocycles. The fraction of sp³-hybridized carbons (Fsp3) is 0.250. The summed E-state index contributed by atoms with van der Waals surface area (Å²) >= 11 is 7.63. The van der Waals surface area contributed by atoms with Crippen LogP contribution in [0.25, 0.3) is 0 Å². The molecule has 0 amide bonds. The molecule has 0 aliphatic heterocycles. The number of hydrogen-bond acceptors (Lipinski definition) is 5. The average molecular weight is 490 g/mol. The molecule has 0 aliphatic carbocycles. The van der Waals surface area contributed by atoms with Crippen LogP contribution in [0.1, 0.15) is 58.9 Å². The Bertz CT molecular complexity index is 1260. The molecule has 168 valence electrons. The highest BCUT2D eigenvalue weighted by molar-refractivity contribution is 7.92. The minimum atomic E-state index is -4.00. The molecule has 1 heterocycles. The van der Waals surface area contributed by atoms with Gasteiger partial charge in [0.05, 0.1) is 21.2 Å². The quantitative estimate of drug-likeness (QED) is 0.405. The summed E-state index contributed by atoms with van der Waals surface area (Å²) in [6, 6.07) is 13.0. The van der Waals surface area contributed by atoms with Gasteiger partial charge in [-0.1, -0.05) is 50.6 Å². The number of hydrogen-bond donors (Lipinski definition) is 1. The van der Waals surface area contributed by atoms with Gasteiger partial charge in [0.1, 0.15) is 0 Å². The van der Waals surface area contributed by atoms with Gasteiger partial charge in [-0.05, 0) is 53.6 Å². The predicted molar refractivity (Wildman–Crippen MR) is 130 cm³/mol. The first-order chi connectivity index (χ1) is 14.9. The zero-order valence-electron chi connectivity index (χ0n) is 18.2. The number of halogens is 1. The number of nitrogens with one attached hydrogen (secondary N) is 1. The second-order valence-electron chi connectivity index (χ2n) is 8.46. The first-order valence-corrected chi connectivity index (χ1v) is 12.7. The van der Waals surface area contributed by atoms with Crippen LogP contribution in [0.4, 0.5) is 5.69 Å². The zero-order valence-corrected chi connectivity index (χ0v) is 20.6. The molecule has 0 spiro atoms. The van der Waals surface area contributed by atoms with E-state index in [1.54, 1.807) is 18.2 Å². The Kier molecular flexibility index (Phi) is 6.93. The maximum Gasteiger partial charge on any atom is 0.261 e. The third-order valence-corrected chi connectivity index (χ3v) is 7.55. The van der Waals surface area contributed by atoms with E-state index >= 15 is 0 Å². The highest BCUT2D eigenvalue weighted by atomic mass is 35.5. The van der Waals surface area contributed by atoms with Gasteiger partial charge in [0.25, 0.3) is 10.0 Å². The van der Waals surface area contributed by atoms with Crippen molar-refractivity contribution in [2.24, 2.45) is 0 Å². The number of anilines is 1. The van der Waals surface area contributed by atoms with E-state index in [-0.39, 0.29) is 44.4 Å². The molecule has 8 heteroatoms. The Morgan fingerprint density at radius 1 is 1.00 bits per heavy atom. The molecule has 0 bridgehead atoms. The van der Waals surface area contributed by atoms with Gasteiger partial charge in [0.15, 0.2) is 11.6 Å². The summed E-state index contributed by atoms with van der Waals surface area (Å²) in [5, 5.41) is 1.95. The number of ketones is 2. The second-order valence-corrected chi connectivity index (χ2v) is 11.6. The lowest BCUT2D eigenvalue weighted by molar-refractivity contribution is 0.0970. The van der Waals surface area contributed by atoms with Crippen LogP contribution in [0.3, 0.4) is 0 Å². The molecule has 3 aromatic rings. The number of carbonyl (C=O) groups excluding carboxylic acids is 2. The van der Waals surface area contributed by atoms with Gasteiger partial charge in [-0.2, -0.15) is 0 Å². The normalized spacial score (nSPS) is 11.9. The third-order valence-electron chi connectivity index (χ3n) is 4.98. The fourth-order valence-electron chi connectivity index (χ4n) is 3.29. The third kappa shape index (κ3) is 5.28. The maximum atomic E-state index is 13.1. The van der Waals surface area contributed by atoms with Crippen molar-refractivity contribution in [3.63, 3.8) is 0 Å². The van der Waals surface area contributed by atoms with E-state index < -0.39 is 15.8 Å². The van der Waals surface area contributed by atoms with Crippen molar-refractivity contribution in [3.8, 4) is 0 Å². The van der Waals surface area contributed by atoms with Gasteiger partial charge < -0.3 is 0 Å². The molecular weight excluding hydrogens is 466 g/mol. The van der Waals surface area contributed by atoms with Gasteiger partial charge in [0, 0.05) is 16.9 Å². The van der Waals surface area contributed by atoms with Crippen molar-refractivity contribution in [3.05, 3.63) is 80.5 Å². The van der Waals surface area contributed by atoms with Gasteiger partial charge in [-0.15, -0.1) is 11.3 Å². The van der Waals surface area contributed by atoms with Gasteiger partial charge in [-0.25, -0.2) is 8.42 Å². The zero-order chi connectivity index (χ0) is 23.7. The van der Waals surface area contributed by atoms with E-state index in [4.69, 9.17) is 11.6 Å². The standard InChI is InChI=1S/C24H24ClNO4S2/c1-15(27)22-19(25)11-12-20(23(22)21(28)14-17-6-5-13-31-17)26-32(29,30)18-9-7-16(8-10-18)24(2,3)4/h5-13,26H,14H2,1-4H3. The lowest BCUT2D eigenvalue weighted by atomic mass is 9.87. The molecule has 1 aromatic heterocycles. The number of rotatable bonds is 7. The van der Waals surface area contributed by atoms with E-state index in [1.165, 1.54) is 42.5 Å². The first-order valence-electron chi connectivity index (χ1n) is 9.92. The number of Topliss-reactive ketones (excluding diaryl/α,β-unsaturated/α-hetero) is 2. The molecule has 5 nitrogen and oxygen atoms in total. The van der Waals surface area contributed by atoms with E-state index in [0.29, 0.717) is 0 Å². The summed E-state index contributed by atoms with van der Waals surface area (Å²) in [4.78, 5) is 26.3. The van der Waals surface area contributed by atoms with Crippen molar-refractivity contribution < 1.29 is 18.0 Å². The molecule has 3 rings (SSSR count). The molecule has 0 atom stereocenters. The number of sulfonamides is 1. The van der Waals surface area contributed by atoms with Crippen LogP contribution in [-0.4, -0.2) is 20.0 Å². The SMILES string of the molecule is CC(=O)c1c(Cl)ccc(NS(=O)(=O)c2ccc(C(C)(C)C)cc2)c1C(=O)Cc1cccs1. The minimum Gasteiger partial charge on any atom is -0.294 e. The van der Waals surface area contributed by atoms with Gasteiger partial charge >= 0.3 is 0 Å². The van der Waals surface area contributed by atoms with Crippen molar-refractivity contribution in [1.29, 1.82) is 0 Å². The Balaban J connectivity index is 2.04. The van der Waals surface area contributed by atoms with Gasteiger partial charge in [-0.3, -0.25) is 14.3 Å².